The number of sulfonamides is 1. The molecule has 2 aliphatic rings. The van der Waals surface area contributed by atoms with Crippen molar-refractivity contribution >= 4 is 15.8 Å². The second-order valence-corrected chi connectivity index (χ2v) is 7.57. The van der Waals surface area contributed by atoms with Gasteiger partial charge in [-0.25, -0.2) is 12.8 Å². The smallest absolute Gasteiger partial charge is 0.243 e. The van der Waals surface area contributed by atoms with E-state index in [9.17, 15) is 17.6 Å². The van der Waals surface area contributed by atoms with Gasteiger partial charge in [-0.15, -0.1) is 0 Å². The molecule has 0 N–H and O–H groups in total. The number of benzene rings is 1. The molecule has 1 aliphatic heterocycles. The van der Waals surface area contributed by atoms with E-state index in [2.05, 4.69) is 0 Å². The van der Waals surface area contributed by atoms with E-state index in [1.165, 1.54) is 22.5 Å². The summed E-state index contributed by atoms with van der Waals surface area (Å²) in [6.45, 7) is 0.685. The summed E-state index contributed by atoms with van der Waals surface area (Å²) in [4.78, 5) is 11.9. The molecule has 0 unspecified atom stereocenters. The van der Waals surface area contributed by atoms with Gasteiger partial charge in [0, 0.05) is 18.9 Å². The van der Waals surface area contributed by atoms with Crippen molar-refractivity contribution in [2.75, 3.05) is 19.8 Å². The Hall–Kier alpha value is -1.31. The molecule has 120 valence electrons. The van der Waals surface area contributed by atoms with Gasteiger partial charge in [-0.05, 0) is 31.0 Å². The average molecular weight is 327 g/mol. The van der Waals surface area contributed by atoms with Crippen molar-refractivity contribution in [3.63, 3.8) is 0 Å². The number of nitrogens with zero attached hydrogens (tertiary/aromatic N) is 1. The van der Waals surface area contributed by atoms with Gasteiger partial charge < -0.3 is 4.74 Å². The van der Waals surface area contributed by atoms with E-state index in [0.717, 1.165) is 12.5 Å². The Morgan fingerprint density at radius 2 is 2.14 bits per heavy atom. The van der Waals surface area contributed by atoms with E-state index in [0.29, 0.717) is 12.8 Å². The third-order valence-corrected chi connectivity index (χ3v) is 6.25. The van der Waals surface area contributed by atoms with Crippen LogP contribution in [0.3, 0.4) is 0 Å². The monoisotopic (exact) mass is 327 g/mol. The van der Waals surface area contributed by atoms with Crippen LogP contribution in [0, 0.1) is 11.7 Å². The Morgan fingerprint density at radius 1 is 1.32 bits per heavy atom. The van der Waals surface area contributed by atoms with Crippen LogP contribution in [0.2, 0.25) is 0 Å². The van der Waals surface area contributed by atoms with E-state index in [1.54, 1.807) is 0 Å². The SMILES string of the molecule is O=C1CCC[C@H]1[C@H]1COCCN1S(=O)(=O)c1cccc(F)c1. The van der Waals surface area contributed by atoms with Gasteiger partial charge in [-0.2, -0.15) is 4.31 Å². The number of hydrogen-bond donors (Lipinski definition) is 0. The number of ether oxygens (including phenoxy) is 1. The third kappa shape index (κ3) is 2.80. The highest BCUT2D eigenvalue weighted by Crippen LogP contribution is 2.32. The van der Waals surface area contributed by atoms with Crippen LogP contribution in [-0.2, 0) is 19.6 Å². The average Bonchev–Trinajstić information content (AvgIpc) is 2.93. The molecule has 1 heterocycles. The van der Waals surface area contributed by atoms with Crippen LogP contribution >= 0.6 is 0 Å². The summed E-state index contributed by atoms with van der Waals surface area (Å²) in [7, 11) is -3.83. The number of hydrogen-bond acceptors (Lipinski definition) is 4. The Balaban J connectivity index is 1.94. The zero-order valence-corrected chi connectivity index (χ0v) is 12.9. The number of rotatable bonds is 3. The first-order chi connectivity index (χ1) is 10.5. The summed E-state index contributed by atoms with van der Waals surface area (Å²) in [5, 5.41) is 0. The van der Waals surface area contributed by atoms with E-state index in [-0.39, 0.29) is 36.4 Å². The zero-order chi connectivity index (χ0) is 15.7. The fourth-order valence-corrected chi connectivity index (χ4v) is 4.90. The highest BCUT2D eigenvalue weighted by Gasteiger charge is 2.42. The molecule has 7 heteroatoms. The van der Waals surface area contributed by atoms with Gasteiger partial charge in [0.05, 0.1) is 24.2 Å². The molecular weight excluding hydrogens is 309 g/mol. The second kappa shape index (κ2) is 6.06. The molecule has 2 atom stereocenters. The summed E-state index contributed by atoms with van der Waals surface area (Å²) >= 11 is 0. The minimum absolute atomic E-state index is 0.0788. The first kappa shape index (κ1) is 15.6. The number of carbonyl (C=O) groups is 1. The molecule has 0 aromatic heterocycles. The maximum atomic E-state index is 13.4. The Morgan fingerprint density at radius 3 is 2.82 bits per heavy atom. The van der Waals surface area contributed by atoms with Crippen molar-refractivity contribution in [3.8, 4) is 0 Å². The lowest BCUT2D eigenvalue weighted by Gasteiger charge is -2.37. The topological polar surface area (TPSA) is 63.7 Å². The van der Waals surface area contributed by atoms with Gasteiger partial charge >= 0.3 is 0 Å². The van der Waals surface area contributed by atoms with Crippen LogP contribution in [-0.4, -0.2) is 44.3 Å². The molecule has 2 fully saturated rings. The first-order valence-corrected chi connectivity index (χ1v) is 8.82. The van der Waals surface area contributed by atoms with Gasteiger partial charge in [0.2, 0.25) is 10.0 Å². The quantitative estimate of drug-likeness (QED) is 0.846. The lowest BCUT2D eigenvalue weighted by molar-refractivity contribution is -0.123. The lowest BCUT2D eigenvalue weighted by Crippen LogP contribution is -2.52. The third-order valence-electron chi connectivity index (χ3n) is 4.33. The molecule has 3 rings (SSSR count). The van der Waals surface area contributed by atoms with Gasteiger partial charge in [-0.3, -0.25) is 4.79 Å². The fraction of sp³-hybridized carbons (Fsp3) is 0.533. The Kier molecular flexibility index (Phi) is 4.29. The van der Waals surface area contributed by atoms with E-state index in [1.807, 2.05) is 0 Å². The van der Waals surface area contributed by atoms with Crippen LogP contribution in [0.5, 0.6) is 0 Å². The van der Waals surface area contributed by atoms with Crippen molar-refractivity contribution in [1.29, 1.82) is 0 Å². The molecule has 0 bridgehead atoms. The van der Waals surface area contributed by atoms with Crippen LogP contribution in [0.15, 0.2) is 29.2 Å². The van der Waals surface area contributed by atoms with E-state index >= 15 is 0 Å². The predicted molar refractivity (Wildman–Crippen MR) is 77.2 cm³/mol. The molecule has 1 saturated heterocycles. The summed E-state index contributed by atoms with van der Waals surface area (Å²) in [5.41, 5.74) is 0. The van der Waals surface area contributed by atoms with Gasteiger partial charge in [-0.1, -0.05) is 6.07 Å². The summed E-state index contributed by atoms with van der Waals surface area (Å²) < 4.78 is 45.7. The van der Waals surface area contributed by atoms with Crippen molar-refractivity contribution in [2.45, 2.75) is 30.2 Å². The lowest BCUT2D eigenvalue weighted by atomic mass is 9.97. The molecule has 5 nitrogen and oxygen atoms in total. The summed E-state index contributed by atoms with van der Waals surface area (Å²) in [5.74, 6) is -0.818. The molecule has 1 aromatic rings. The van der Waals surface area contributed by atoms with Crippen molar-refractivity contribution in [3.05, 3.63) is 30.1 Å². The molecular formula is C15H18FNO4S. The number of Topliss-reactive ketones (excluding diaryl/α,β-unsaturated/α-hetero) is 1. The molecule has 22 heavy (non-hydrogen) atoms. The zero-order valence-electron chi connectivity index (χ0n) is 12.1. The molecule has 0 amide bonds. The van der Waals surface area contributed by atoms with Crippen LogP contribution in [0.25, 0.3) is 0 Å². The molecule has 1 aliphatic carbocycles. The van der Waals surface area contributed by atoms with Crippen molar-refractivity contribution in [2.24, 2.45) is 5.92 Å². The number of ketones is 1. The summed E-state index contributed by atoms with van der Waals surface area (Å²) in [6.07, 6.45) is 1.96. The van der Waals surface area contributed by atoms with Gasteiger partial charge in [0.1, 0.15) is 11.6 Å². The maximum absolute atomic E-state index is 13.4. The minimum atomic E-state index is -3.83. The highest BCUT2D eigenvalue weighted by atomic mass is 32.2. The minimum Gasteiger partial charge on any atom is -0.378 e. The second-order valence-electron chi connectivity index (χ2n) is 5.68. The predicted octanol–water partition coefficient (Wildman–Crippen LogP) is 1.58. The largest absolute Gasteiger partial charge is 0.378 e. The number of carbonyl (C=O) groups excluding carboxylic acids is 1. The van der Waals surface area contributed by atoms with E-state index in [4.69, 9.17) is 4.74 Å². The maximum Gasteiger partial charge on any atom is 0.243 e. The van der Waals surface area contributed by atoms with Crippen LogP contribution < -0.4 is 0 Å². The van der Waals surface area contributed by atoms with Crippen LogP contribution in [0.4, 0.5) is 4.39 Å². The summed E-state index contributed by atoms with van der Waals surface area (Å²) in [6, 6.07) is 4.48. The number of morpholine rings is 1. The molecule has 0 spiro atoms. The first-order valence-electron chi connectivity index (χ1n) is 7.38. The van der Waals surface area contributed by atoms with E-state index < -0.39 is 21.9 Å². The van der Waals surface area contributed by atoms with Gasteiger partial charge in [0.25, 0.3) is 0 Å². The Bertz CT molecular complexity index is 676. The Labute approximate surface area is 129 Å². The fourth-order valence-electron chi connectivity index (χ4n) is 3.24. The molecule has 0 radical (unpaired) electrons. The van der Waals surface area contributed by atoms with Crippen molar-refractivity contribution in [1.82, 2.24) is 4.31 Å². The normalized spacial score (nSPS) is 27.2. The standard InChI is InChI=1S/C15H18FNO4S/c16-11-3-1-4-12(9-11)22(19,20)17-7-8-21-10-14(17)13-5-2-6-15(13)18/h1,3-4,9,13-14H,2,5-8,10H2/t13-,14+/m0/s1. The van der Waals surface area contributed by atoms with Crippen LogP contribution in [0.1, 0.15) is 19.3 Å². The number of halogens is 1. The highest BCUT2D eigenvalue weighted by molar-refractivity contribution is 7.89. The molecule has 1 saturated carbocycles. The van der Waals surface area contributed by atoms with Gasteiger partial charge in [0.15, 0.2) is 0 Å². The van der Waals surface area contributed by atoms with Crippen molar-refractivity contribution < 1.29 is 22.3 Å². The molecule has 1 aromatic carbocycles.